The van der Waals surface area contributed by atoms with Gasteiger partial charge in [-0.05, 0) is 50.4 Å². The summed E-state index contributed by atoms with van der Waals surface area (Å²) in [5.74, 6) is 0.706. The molecule has 0 bridgehead atoms. The molecule has 1 aliphatic heterocycles. The number of likely N-dealkylation sites (tertiary alicyclic amines) is 1. The van der Waals surface area contributed by atoms with Gasteiger partial charge < -0.3 is 0 Å². The van der Waals surface area contributed by atoms with Gasteiger partial charge in [0.15, 0.2) is 5.13 Å². The molecule has 3 heterocycles. The van der Waals surface area contributed by atoms with E-state index in [9.17, 15) is 4.79 Å². The van der Waals surface area contributed by atoms with Crippen LogP contribution in [0.4, 0.5) is 5.13 Å². The molecule has 0 aliphatic carbocycles. The summed E-state index contributed by atoms with van der Waals surface area (Å²) in [7, 11) is 0. The van der Waals surface area contributed by atoms with Crippen LogP contribution in [0, 0.1) is 12.8 Å². The van der Waals surface area contributed by atoms with Crippen LogP contribution in [0.2, 0.25) is 0 Å². The zero-order valence-electron chi connectivity index (χ0n) is 13.6. The Hall–Kier alpha value is -1.79. The highest BCUT2D eigenvalue weighted by molar-refractivity contribution is 7.13. The molecule has 1 saturated heterocycles. The fourth-order valence-electron chi connectivity index (χ4n) is 2.78. The van der Waals surface area contributed by atoms with E-state index in [4.69, 9.17) is 0 Å². The number of carbonyl (C=O) groups excluding carboxylic acids is 1. The summed E-state index contributed by atoms with van der Waals surface area (Å²) in [6, 6.07) is 1.73. The Morgan fingerprint density at radius 2 is 2.22 bits per heavy atom. The number of nitrogens with one attached hydrogen (secondary N) is 1. The molecule has 1 aliphatic rings. The number of hydrogen-bond donors (Lipinski definition) is 1. The fraction of sp³-hybridized carbons (Fsp3) is 0.471. The van der Waals surface area contributed by atoms with E-state index in [-0.39, 0.29) is 5.91 Å². The van der Waals surface area contributed by atoms with Gasteiger partial charge in [-0.3, -0.25) is 20.0 Å². The average molecular weight is 330 g/mol. The smallest absolute Gasteiger partial charge is 0.257 e. The third-order valence-electron chi connectivity index (χ3n) is 4.30. The maximum Gasteiger partial charge on any atom is 0.257 e. The predicted octanol–water partition coefficient (Wildman–Crippen LogP) is 3.33. The van der Waals surface area contributed by atoms with Crippen molar-refractivity contribution < 1.29 is 4.79 Å². The number of nitrogens with zero attached hydrogens (tertiary/aromatic N) is 3. The van der Waals surface area contributed by atoms with Gasteiger partial charge in [0.25, 0.3) is 5.91 Å². The number of rotatable bonds is 4. The molecule has 5 nitrogen and oxygen atoms in total. The first-order valence-electron chi connectivity index (χ1n) is 8.00. The SMILES string of the molecule is Cc1cnccc1C(=O)Nc1nc(CN2CCC(C)CC2)cs1. The van der Waals surface area contributed by atoms with Crippen molar-refractivity contribution in [1.82, 2.24) is 14.9 Å². The number of piperidine rings is 1. The quantitative estimate of drug-likeness (QED) is 0.934. The Labute approximate surface area is 140 Å². The summed E-state index contributed by atoms with van der Waals surface area (Å²) in [6.07, 6.45) is 5.84. The van der Waals surface area contributed by atoms with Gasteiger partial charge in [0, 0.05) is 29.9 Å². The molecule has 0 atom stereocenters. The van der Waals surface area contributed by atoms with Crippen LogP contribution in [0.3, 0.4) is 0 Å². The third-order valence-corrected chi connectivity index (χ3v) is 5.11. The van der Waals surface area contributed by atoms with E-state index in [0.29, 0.717) is 10.7 Å². The number of amides is 1. The Bertz CT molecular complexity index is 677. The monoisotopic (exact) mass is 330 g/mol. The Kier molecular flexibility index (Phi) is 5.03. The number of pyridine rings is 1. The van der Waals surface area contributed by atoms with Gasteiger partial charge in [-0.2, -0.15) is 0 Å². The normalized spacial score (nSPS) is 16.4. The first kappa shape index (κ1) is 16.1. The van der Waals surface area contributed by atoms with Crippen molar-refractivity contribution in [1.29, 1.82) is 0 Å². The van der Waals surface area contributed by atoms with Crippen LogP contribution < -0.4 is 5.32 Å². The zero-order valence-corrected chi connectivity index (χ0v) is 14.4. The molecule has 1 amide bonds. The van der Waals surface area contributed by atoms with Crippen LogP contribution in [0.5, 0.6) is 0 Å². The summed E-state index contributed by atoms with van der Waals surface area (Å²) < 4.78 is 0. The summed E-state index contributed by atoms with van der Waals surface area (Å²) in [5, 5.41) is 5.58. The number of aryl methyl sites for hydroxylation is 1. The molecular weight excluding hydrogens is 308 g/mol. The second-order valence-electron chi connectivity index (χ2n) is 6.25. The van der Waals surface area contributed by atoms with E-state index < -0.39 is 0 Å². The standard InChI is InChI=1S/C17H22N4OS/c1-12-4-7-21(8-5-12)10-14-11-23-17(19-14)20-16(22)15-3-6-18-9-13(15)2/h3,6,9,11-12H,4-5,7-8,10H2,1-2H3,(H,19,20,22). The van der Waals surface area contributed by atoms with E-state index in [1.165, 1.54) is 24.2 Å². The van der Waals surface area contributed by atoms with Gasteiger partial charge in [0.1, 0.15) is 0 Å². The molecule has 6 heteroatoms. The second kappa shape index (κ2) is 7.19. The van der Waals surface area contributed by atoms with Crippen LogP contribution >= 0.6 is 11.3 Å². The lowest BCUT2D eigenvalue weighted by atomic mass is 9.99. The van der Waals surface area contributed by atoms with E-state index in [2.05, 4.69) is 27.1 Å². The first-order valence-corrected chi connectivity index (χ1v) is 8.88. The van der Waals surface area contributed by atoms with E-state index >= 15 is 0 Å². The van der Waals surface area contributed by atoms with Crippen molar-refractivity contribution in [2.24, 2.45) is 5.92 Å². The van der Waals surface area contributed by atoms with Crippen LogP contribution in [0.25, 0.3) is 0 Å². The number of anilines is 1. The fourth-order valence-corrected chi connectivity index (χ4v) is 3.48. The summed E-state index contributed by atoms with van der Waals surface area (Å²) in [6.45, 7) is 7.34. The van der Waals surface area contributed by atoms with Gasteiger partial charge >= 0.3 is 0 Å². The third kappa shape index (κ3) is 4.14. The molecule has 0 saturated carbocycles. The van der Waals surface area contributed by atoms with Crippen molar-refractivity contribution in [2.75, 3.05) is 18.4 Å². The summed E-state index contributed by atoms with van der Waals surface area (Å²) >= 11 is 1.48. The van der Waals surface area contributed by atoms with E-state index in [0.717, 1.165) is 36.8 Å². The topological polar surface area (TPSA) is 58.1 Å². The molecule has 122 valence electrons. The minimum atomic E-state index is -0.127. The molecule has 1 N–H and O–H groups in total. The lowest BCUT2D eigenvalue weighted by Crippen LogP contribution is -2.32. The van der Waals surface area contributed by atoms with Gasteiger partial charge in [-0.15, -0.1) is 11.3 Å². The zero-order chi connectivity index (χ0) is 16.2. The minimum absolute atomic E-state index is 0.127. The predicted molar refractivity (Wildman–Crippen MR) is 92.7 cm³/mol. The number of hydrogen-bond acceptors (Lipinski definition) is 5. The minimum Gasteiger partial charge on any atom is -0.298 e. The first-order chi connectivity index (χ1) is 11.1. The van der Waals surface area contributed by atoms with Crippen molar-refractivity contribution in [3.8, 4) is 0 Å². The molecule has 0 aromatic carbocycles. The molecular formula is C17H22N4OS. The molecule has 0 radical (unpaired) electrons. The Balaban J connectivity index is 1.59. The van der Waals surface area contributed by atoms with Crippen molar-refractivity contribution in [2.45, 2.75) is 33.2 Å². The lowest BCUT2D eigenvalue weighted by Gasteiger charge is -2.29. The Morgan fingerprint density at radius 3 is 2.96 bits per heavy atom. The molecule has 0 spiro atoms. The Morgan fingerprint density at radius 1 is 1.43 bits per heavy atom. The van der Waals surface area contributed by atoms with Crippen LogP contribution in [0.15, 0.2) is 23.8 Å². The lowest BCUT2D eigenvalue weighted by molar-refractivity contribution is 0.102. The molecule has 3 rings (SSSR count). The van der Waals surface area contributed by atoms with Gasteiger partial charge in [-0.25, -0.2) is 4.98 Å². The molecule has 2 aromatic heterocycles. The number of thiazole rings is 1. The highest BCUT2D eigenvalue weighted by atomic mass is 32.1. The highest BCUT2D eigenvalue weighted by Gasteiger charge is 2.17. The second-order valence-corrected chi connectivity index (χ2v) is 7.11. The van der Waals surface area contributed by atoms with Gasteiger partial charge in [0.05, 0.1) is 5.69 Å². The van der Waals surface area contributed by atoms with Gasteiger partial charge in [-0.1, -0.05) is 6.92 Å². The average Bonchev–Trinajstić information content (AvgIpc) is 2.97. The van der Waals surface area contributed by atoms with Crippen molar-refractivity contribution >= 4 is 22.4 Å². The largest absolute Gasteiger partial charge is 0.298 e. The van der Waals surface area contributed by atoms with Crippen LogP contribution in [-0.4, -0.2) is 33.9 Å². The highest BCUT2D eigenvalue weighted by Crippen LogP contribution is 2.21. The van der Waals surface area contributed by atoms with Crippen molar-refractivity contribution in [3.05, 3.63) is 40.7 Å². The van der Waals surface area contributed by atoms with E-state index in [1.54, 1.807) is 18.5 Å². The van der Waals surface area contributed by atoms with E-state index in [1.807, 2.05) is 12.3 Å². The van der Waals surface area contributed by atoms with Crippen LogP contribution in [-0.2, 0) is 6.54 Å². The molecule has 0 unspecified atom stereocenters. The van der Waals surface area contributed by atoms with Crippen LogP contribution in [0.1, 0.15) is 41.4 Å². The molecule has 2 aromatic rings. The number of aromatic nitrogens is 2. The van der Waals surface area contributed by atoms with Crippen molar-refractivity contribution in [3.63, 3.8) is 0 Å². The van der Waals surface area contributed by atoms with Gasteiger partial charge in [0.2, 0.25) is 0 Å². The molecule has 23 heavy (non-hydrogen) atoms. The molecule has 1 fully saturated rings. The summed E-state index contributed by atoms with van der Waals surface area (Å²) in [4.78, 5) is 23.3. The maximum atomic E-state index is 12.3. The number of carbonyl (C=O) groups is 1. The summed E-state index contributed by atoms with van der Waals surface area (Å²) in [5.41, 5.74) is 2.54. The maximum absolute atomic E-state index is 12.3.